The summed E-state index contributed by atoms with van der Waals surface area (Å²) in [5, 5.41) is 32.9. The molecule has 9 nitrogen and oxygen atoms in total. The van der Waals surface area contributed by atoms with E-state index in [1.807, 2.05) is 41.6 Å². The molecule has 0 aromatic heterocycles. The smallest absolute Gasteiger partial charge is 0.183 e. The number of phenols is 1. The van der Waals surface area contributed by atoms with Crippen molar-refractivity contribution in [2.75, 3.05) is 6.54 Å². The minimum atomic E-state index is -1.02. The number of Topliss-reactive ketones (excluding diaryl/α,β-unsaturated/α-hetero) is 1. The second kappa shape index (κ2) is 17.1. The largest absolute Gasteiger partial charge is 0.504 e. The van der Waals surface area contributed by atoms with Crippen molar-refractivity contribution in [1.29, 1.82) is 0 Å². The van der Waals surface area contributed by atoms with E-state index in [9.17, 15) is 20.1 Å². The number of ether oxygens (including phenoxy) is 1. The fourth-order valence-corrected chi connectivity index (χ4v) is 6.88. The first-order valence-corrected chi connectivity index (χ1v) is 17.9. The molecule has 3 aliphatic rings. The predicted octanol–water partition coefficient (Wildman–Crippen LogP) is 5.87. The van der Waals surface area contributed by atoms with Gasteiger partial charge in [0.1, 0.15) is 11.9 Å². The highest BCUT2D eigenvalue weighted by atomic mass is 16.5. The number of nitrogens with zero attached hydrogens (tertiary/aromatic N) is 2. The van der Waals surface area contributed by atoms with Crippen LogP contribution in [0.5, 0.6) is 11.5 Å². The number of phenolic OH excluding ortho intramolecular Hbond substituents is 1. The number of rotatable bonds is 16. The molecule has 2 aromatic rings. The zero-order chi connectivity index (χ0) is 34.9. The number of aliphatic imine (C=N–C) groups is 1. The molecule has 2 aromatic carbocycles. The van der Waals surface area contributed by atoms with Crippen LogP contribution in [-0.4, -0.2) is 51.1 Å². The second-order valence-corrected chi connectivity index (χ2v) is 13.5. The molecule has 2 bridgehead atoms. The Morgan fingerprint density at radius 1 is 1.08 bits per heavy atom. The summed E-state index contributed by atoms with van der Waals surface area (Å²) in [7, 11) is 0. The van der Waals surface area contributed by atoms with Gasteiger partial charge in [-0.25, -0.2) is 0 Å². The molecule has 3 heterocycles. The maximum atomic E-state index is 13.4. The standard InChI is InChI=1S/C40H52N4O5/c1-3-5-7-10-31(35(46)11-8-6-4-2)36(47)18-14-26-15-19-37(48)38(20-26)49-39-13-9-12-34(45)30-17-16-27(40(41)42)21-28(30)22-29-23-43-33-25-44(39)24-32(29)33/h15-17,19-21,23,25,31,34-35,39-40,45-46,48H,3-8,10-11,13-14,18,22,24,41-42H2,1-2H3. The Morgan fingerprint density at radius 3 is 2.61 bits per heavy atom. The van der Waals surface area contributed by atoms with Crippen LogP contribution in [0.2, 0.25) is 0 Å². The van der Waals surface area contributed by atoms with Gasteiger partial charge in [0, 0.05) is 36.9 Å². The third-order valence-electron chi connectivity index (χ3n) is 9.85. The molecule has 5 rings (SSSR count). The SMILES string of the molecule is CCCCCC(O)C(CCCCC)C(=O)CCc1ccc(O)c(OC2CC#CC(O)c3ccc(C(N)N)cc3CC3=C4CN2C=C4N=C3)c1. The van der Waals surface area contributed by atoms with Gasteiger partial charge in [-0.2, -0.15) is 0 Å². The number of aliphatic hydroxyl groups excluding tert-OH is 2. The average molecular weight is 669 g/mol. The van der Waals surface area contributed by atoms with Crippen molar-refractivity contribution in [3.63, 3.8) is 0 Å². The third kappa shape index (κ3) is 9.20. The van der Waals surface area contributed by atoms with Crippen LogP contribution in [-0.2, 0) is 17.6 Å². The summed E-state index contributed by atoms with van der Waals surface area (Å²) in [6, 6.07) is 10.8. The lowest BCUT2D eigenvalue weighted by Crippen LogP contribution is -2.35. The summed E-state index contributed by atoms with van der Waals surface area (Å²) in [4.78, 5) is 20.1. The molecule has 262 valence electrons. The number of carbonyl (C=O) groups excluding carboxylic acids is 1. The van der Waals surface area contributed by atoms with Crippen LogP contribution in [0.15, 0.2) is 64.4 Å². The second-order valence-electron chi connectivity index (χ2n) is 13.5. The van der Waals surface area contributed by atoms with E-state index in [1.165, 1.54) is 0 Å². The molecule has 0 fully saturated rings. The van der Waals surface area contributed by atoms with Gasteiger partial charge in [-0.1, -0.05) is 88.5 Å². The van der Waals surface area contributed by atoms with Gasteiger partial charge in [-0.3, -0.25) is 9.79 Å². The zero-order valence-corrected chi connectivity index (χ0v) is 28.9. The molecule has 7 N–H and O–H groups in total. The van der Waals surface area contributed by atoms with Crippen LogP contribution in [0.3, 0.4) is 0 Å². The molecule has 9 heteroatoms. The number of hydrogen-bond acceptors (Lipinski definition) is 9. The van der Waals surface area contributed by atoms with E-state index in [4.69, 9.17) is 16.2 Å². The molecular formula is C40H52N4O5. The van der Waals surface area contributed by atoms with Crippen molar-refractivity contribution < 1.29 is 24.9 Å². The fourth-order valence-electron chi connectivity index (χ4n) is 6.88. The summed E-state index contributed by atoms with van der Waals surface area (Å²) in [6.07, 6.45) is 10.0. The number of aromatic hydroxyl groups is 1. The van der Waals surface area contributed by atoms with Crippen LogP contribution in [0.25, 0.3) is 0 Å². The van der Waals surface area contributed by atoms with E-state index in [2.05, 4.69) is 30.7 Å². The fraction of sp³-hybridized carbons (Fsp3) is 0.500. The van der Waals surface area contributed by atoms with Crippen molar-refractivity contribution in [1.82, 2.24) is 4.90 Å². The van der Waals surface area contributed by atoms with E-state index in [1.54, 1.807) is 12.1 Å². The number of allylic oxidation sites excluding steroid dienone is 1. The van der Waals surface area contributed by atoms with Gasteiger partial charge in [-0.05, 0) is 65.6 Å². The Bertz CT molecular complexity index is 1630. The van der Waals surface area contributed by atoms with Crippen LogP contribution >= 0.6 is 0 Å². The summed E-state index contributed by atoms with van der Waals surface area (Å²) in [5.74, 6) is 6.13. The number of aliphatic hydroxyl groups is 2. The molecule has 3 aliphatic heterocycles. The van der Waals surface area contributed by atoms with Gasteiger partial charge in [0.25, 0.3) is 0 Å². The maximum Gasteiger partial charge on any atom is 0.183 e. The number of hydrogen-bond donors (Lipinski definition) is 5. The summed E-state index contributed by atoms with van der Waals surface area (Å²) in [5.41, 5.74) is 18.1. The summed E-state index contributed by atoms with van der Waals surface area (Å²) in [6.45, 7) is 4.83. The zero-order valence-electron chi connectivity index (χ0n) is 28.9. The van der Waals surface area contributed by atoms with E-state index >= 15 is 0 Å². The van der Waals surface area contributed by atoms with Gasteiger partial charge in [0.2, 0.25) is 0 Å². The molecule has 4 atom stereocenters. The van der Waals surface area contributed by atoms with Crippen LogP contribution in [0.1, 0.15) is 113 Å². The minimum absolute atomic E-state index is 0.00853. The van der Waals surface area contributed by atoms with Crippen molar-refractivity contribution >= 4 is 12.0 Å². The van der Waals surface area contributed by atoms with E-state index < -0.39 is 24.6 Å². The molecule has 4 unspecified atom stereocenters. The molecule has 0 aliphatic carbocycles. The monoisotopic (exact) mass is 668 g/mol. The van der Waals surface area contributed by atoms with Gasteiger partial charge in [0.05, 0.1) is 24.4 Å². The average Bonchev–Trinajstić information content (AvgIpc) is 3.67. The Morgan fingerprint density at radius 2 is 1.86 bits per heavy atom. The van der Waals surface area contributed by atoms with E-state index in [0.717, 1.165) is 72.1 Å². The first kappa shape index (κ1) is 36.3. The molecular weight excluding hydrogens is 616 g/mol. The first-order chi connectivity index (χ1) is 23.7. The number of fused-ring (bicyclic) bond motifs is 2. The number of ketones is 1. The molecule has 0 amide bonds. The van der Waals surface area contributed by atoms with Crippen molar-refractivity contribution in [2.24, 2.45) is 22.4 Å². The number of aryl methyl sites for hydroxylation is 1. The first-order valence-electron chi connectivity index (χ1n) is 17.9. The van der Waals surface area contributed by atoms with E-state index in [0.29, 0.717) is 50.0 Å². The molecule has 0 spiro atoms. The Kier molecular flexibility index (Phi) is 12.7. The van der Waals surface area contributed by atoms with E-state index in [-0.39, 0.29) is 23.9 Å². The quantitative estimate of drug-likeness (QED) is 0.0845. The normalized spacial score (nSPS) is 19.5. The van der Waals surface area contributed by atoms with Gasteiger partial charge in [0.15, 0.2) is 17.7 Å². The van der Waals surface area contributed by atoms with Gasteiger partial charge < -0.3 is 36.4 Å². The highest BCUT2D eigenvalue weighted by Gasteiger charge is 2.31. The molecule has 0 saturated carbocycles. The summed E-state index contributed by atoms with van der Waals surface area (Å²) < 4.78 is 6.45. The Hall–Kier alpha value is -3.94. The lowest BCUT2D eigenvalue weighted by Gasteiger charge is -2.28. The number of benzene rings is 2. The Labute approximate surface area is 290 Å². The molecule has 0 radical (unpaired) electrons. The third-order valence-corrected chi connectivity index (χ3v) is 9.85. The lowest BCUT2D eigenvalue weighted by molar-refractivity contribution is -0.126. The maximum absolute atomic E-state index is 13.4. The highest BCUT2D eigenvalue weighted by molar-refractivity contribution is 5.87. The predicted molar refractivity (Wildman–Crippen MR) is 193 cm³/mol. The lowest BCUT2D eigenvalue weighted by atomic mass is 9.86. The number of nitrogens with two attached hydrogens (primary N) is 2. The highest BCUT2D eigenvalue weighted by Crippen LogP contribution is 2.36. The molecule has 0 saturated heterocycles. The van der Waals surface area contributed by atoms with Gasteiger partial charge >= 0.3 is 0 Å². The van der Waals surface area contributed by atoms with Crippen LogP contribution in [0.4, 0.5) is 0 Å². The van der Waals surface area contributed by atoms with Crippen LogP contribution < -0.4 is 16.2 Å². The van der Waals surface area contributed by atoms with Crippen molar-refractivity contribution in [2.45, 2.75) is 115 Å². The number of unbranched alkanes of at least 4 members (excludes halogenated alkanes) is 4. The molecule has 49 heavy (non-hydrogen) atoms. The van der Waals surface area contributed by atoms with Crippen LogP contribution in [0, 0.1) is 17.8 Å². The Balaban J connectivity index is 1.32. The van der Waals surface area contributed by atoms with Gasteiger partial charge in [-0.15, -0.1) is 0 Å². The van der Waals surface area contributed by atoms with Crippen molar-refractivity contribution in [3.8, 4) is 23.3 Å². The topological polar surface area (TPSA) is 155 Å². The van der Waals surface area contributed by atoms with Crippen molar-refractivity contribution in [3.05, 3.63) is 81.7 Å². The summed E-state index contributed by atoms with van der Waals surface area (Å²) >= 11 is 0. The minimum Gasteiger partial charge on any atom is -0.504 e. The number of carbonyl (C=O) groups is 1.